The van der Waals surface area contributed by atoms with Crippen LogP contribution < -0.4 is 5.32 Å². The van der Waals surface area contributed by atoms with E-state index in [4.69, 9.17) is 4.74 Å². The minimum atomic E-state index is -0.192. The molecule has 7 nitrogen and oxygen atoms in total. The van der Waals surface area contributed by atoms with Crippen LogP contribution in [0.1, 0.15) is 46.7 Å². The number of carbonyl (C=O) groups is 1. The van der Waals surface area contributed by atoms with E-state index in [1.807, 2.05) is 24.7 Å². The van der Waals surface area contributed by atoms with Crippen LogP contribution in [-0.4, -0.2) is 38.6 Å². The van der Waals surface area contributed by atoms with E-state index in [1.165, 1.54) is 0 Å². The van der Waals surface area contributed by atoms with Crippen molar-refractivity contribution in [1.82, 2.24) is 24.8 Å². The Labute approximate surface area is 141 Å². The molecule has 0 unspecified atom stereocenters. The first-order valence-corrected chi connectivity index (χ1v) is 8.22. The van der Waals surface area contributed by atoms with Gasteiger partial charge in [-0.3, -0.25) is 4.79 Å². The van der Waals surface area contributed by atoms with Gasteiger partial charge in [0.2, 0.25) is 0 Å². The van der Waals surface area contributed by atoms with Gasteiger partial charge in [-0.25, -0.2) is 15.0 Å². The highest BCUT2D eigenvalue weighted by molar-refractivity contribution is 5.92. The second kappa shape index (κ2) is 7.09. The fourth-order valence-electron chi connectivity index (χ4n) is 3.17. The van der Waals surface area contributed by atoms with Crippen molar-refractivity contribution in [2.45, 2.75) is 32.7 Å². The Kier molecular flexibility index (Phi) is 4.89. The molecule has 0 radical (unpaired) electrons. The summed E-state index contributed by atoms with van der Waals surface area (Å²) in [4.78, 5) is 25.7. The van der Waals surface area contributed by atoms with Crippen molar-refractivity contribution in [2.75, 3.05) is 13.2 Å². The predicted molar refractivity (Wildman–Crippen MR) is 88.5 cm³/mol. The molecule has 2 aromatic heterocycles. The maximum absolute atomic E-state index is 12.7. The van der Waals surface area contributed by atoms with Gasteiger partial charge in [-0.15, -0.1) is 0 Å². The van der Waals surface area contributed by atoms with Gasteiger partial charge in [0.25, 0.3) is 5.91 Å². The number of rotatable bonds is 4. The van der Waals surface area contributed by atoms with Gasteiger partial charge in [0.05, 0.1) is 6.04 Å². The molecular formula is C17H23N5O2. The molecule has 3 heterocycles. The molecule has 1 amide bonds. The molecule has 0 spiro atoms. The predicted octanol–water partition coefficient (Wildman–Crippen LogP) is 1.72. The number of amides is 1. The van der Waals surface area contributed by atoms with Gasteiger partial charge in [-0.05, 0) is 38.7 Å². The molecule has 7 heteroatoms. The molecule has 24 heavy (non-hydrogen) atoms. The molecule has 128 valence electrons. The highest BCUT2D eigenvalue weighted by Gasteiger charge is 2.30. The fraction of sp³-hybridized carbons (Fsp3) is 0.529. The lowest BCUT2D eigenvalue weighted by Gasteiger charge is -2.30. The summed E-state index contributed by atoms with van der Waals surface area (Å²) in [7, 11) is 1.94. The summed E-state index contributed by atoms with van der Waals surface area (Å²) in [6.45, 7) is 5.08. The largest absolute Gasteiger partial charge is 0.381 e. The Morgan fingerprint density at radius 1 is 1.33 bits per heavy atom. The third-order valence-electron chi connectivity index (χ3n) is 4.36. The van der Waals surface area contributed by atoms with Gasteiger partial charge >= 0.3 is 0 Å². The van der Waals surface area contributed by atoms with Crippen LogP contribution in [0.25, 0.3) is 0 Å². The molecule has 1 atom stereocenters. The van der Waals surface area contributed by atoms with Crippen LogP contribution in [0.15, 0.2) is 18.5 Å². The number of hydrogen-bond donors (Lipinski definition) is 1. The van der Waals surface area contributed by atoms with Gasteiger partial charge in [-0.2, -0.15) is 0 Å². The molecule has 1 fully saturated rings. The lowest BCUT2D eigenvalue weighted by molar-refractivity contribution is 0.0498. The van der Waals surface area contributed by atoms with Crippen molar-refractivity contribution in [1.29, 1.82) is 0 Å². The van der Waals surface area contributed by atoms with Crippen LogP contribution in [0.5, 0.6) is 0 Å². The summed E-state index contributed by atoms with van der Waals surface area (Å²) in [5, 5.41) is 3.13. The van der Waals surface area contributed by atoms with Crippen LogP contribution in [0, 0.1) is 19.8 Å². The van der Waals surface area contributed by atoms with Crippen LogP contribution in [-0.2, 0) is 11.8 Å². The number of carbonyl (C=O) groups excluding carboxylic acids is 1. The molecule has 2 aromatic rings. The molecule has 1 N–H and O–H groups in total. The minimum Gasteiger partial charge on any atom is -0.381 e. The second-order valence-electron chi connectivity index (χ2n) is 6.24. The first kappa shape index (κ1) is 16.6. The van der Waals surface area contributed by atoms with E-state index in [0.717, 1.165) is 24.4 Å². The van der Waals surface area contributed by atoms with Crippen LogP contribution in [0.3, 0.4) is 0 Å². The Balaban J connectivity index is 1.85. The van der Waals surface area contributed by atoms with Gasteiger partial charge in [0, 0.05) is 38.3 Å². The molecule has 1 aliphatic heterocycles. The number of nitrogens with one attached hydrogen (secondary N) is 1. The van der Waals surface area contributed by atoms with E-state index in [0.29, 0.717) is 30.7 Å². The number of hydrogen-bond acceptors (Lipinski definition) is 5. The smallest absolute Gasteiger partial charge is 0.270 e. The van der Waals surface area contributed by atoms with E-state index in [-0.39, 0.29) is 11.9 Å². The van der Waals surface area contributed by atoms with Gasteiger partial charge in [-0.1, -0.05) is 0 Å². The lowest BCUT2D eigenvalue weighted by Crippen LogP contribution is -2.38. The molecule has 1 aliphatic rings. The van der Waals surface area contributed by atoms with Crippen LogP contribution in [0.4, 0.5) is 0 Å². The zero-order valence-electron chi connectivity index (χ0n) is 14.3. The first-order chi connectivity index (χ1) is 11.5. The number of aromatic nitrogens is 4. The van der Waals surface area contributed by atoms with E-state index in [2.05, 4.69) is 20.3 Å². The summed E-state index contributed by atoms with van der Waals surface area (Å²) in [6, 6.07) is 1.55. The first-order valence-electron chi connectivity index (χ1n) is 8.22. The van der Waals surface area contributed by atoms with Crippen molar-refractivity contribution in [3.05, 3.63) is 41.5 Å². The monoisotopic (exact) mass is 329 g/mol. The number of ether oxygens (including phenoxy) is 1. The molecule has 0 aromatic carbocycles. The number of imidazole rings is 1. The SMILES string of the molecule is Cc1cc(C(=O)N[C@@H](c2nccn2C)C2CCOCC2)nc(C)n1. The topological polar surface area (TPSA) is 81.9 Å². The fourth-order valence-corrected chi connectivity index (χ4v) is 3.17. The standard InChI is InChI=1S/C17H23N5O2/c1-11-10-14(20-12(2)19-11)17(23)21-15(13-4-8-24-9-5-13)16-18-6-7-22(16)3/h6-7,10,13,15H,4-5,8-9H2,1-3H3,(H,21,23)/t15-/m1/s1. The third kappa shape index (κ3) is 3.62. The summed E-state index contributed by atoms with van der Waals surface area (Å²) in [5.41, 5.74) is 1.18. The second-order valence-corrected chi connectivity index (χ2v) is 6.24. The Hall–Kier alpha value is -2.28. The number of nitrogens with zero attached hydrogens (tertiary/aromatic N) is 4. The Bertz CT molecular complexity index is 701. The maximum Gasteiger partial charge on any atom is 0.270 e. The molecule has 3 rings (SSSR count). The third-order valence-corrected chi connectivity index (χ3v) is 4.36. The Morgan fingerprint density at radius 2 is 2.08 bits per heavy atom. The molecule has 1 saturated heterocycles. The quantitative estimate of drug-likeness (QED) is 0.924. The van der Waals surface area contributed by atoms with Gasteiger partial charge < -0.3 is 14.6 Å². The van der Waals surface area contributed by atoms with Crippen molar-refractivity contribution < 1.29 is 9.53 Å². The van der Waals surface area contributed by atoms with Crippen molar-refractivity contribution in [3.8, 4) is 0 Å². The van der Waals surface area contributed by atoms with Gasteiger partial charge in [0.1, 0.15) is 17.3 Å². The van der Waals surface area contributed by atoms with Crippen LogP contribution in [0.2, 0.25) is 0 Å². The molecule has 0 saturated carbocycles. The molecule has 0 aliphatic carbocycles. The average molecular weight is 329 g/mol. The average Bonchev–Trinajstić information content (AvgIpc) is 2.98. The van der Waals surface area contributed by atoms with Crippen molar-refractivity contribution in [2.24, 2.45) is 13.0 Å². The van der Waals surface area contributed by atoms with Crippen LogP contribution >= 0.6 is 0 Å². The van der Waals surface area contributed by atoms with E-state index in [1.54, 1.807) is 19.2 Å². The van der Waals surface area contributed by atoms with E-state index in [9.17, 15) is 4.79 Å². The van der Waals surface area contributed by atoms with Gasteiger partial charge in [0.15, 0.2) is 0 Å². The van der Waals surface area contributed by atoms with Crippen molar-refractivity contribution >= 4 is 5.91 Å². The number of aryl methyl sites for hydroxylation is 3. The molecule has 0 bridgehead atoms. The normalized spacial score (nSPS) is 16.8. The highest BCUT2D eigenvalue weighted by Crippen LogP contribution is 2.29. The zero-order chi connectivity index (χ0) is 17.1. The summed E-state index contributed by atoms with van der Waals surface area (Å²) < 4.78 is 7.41. The van der Waals surface area contributed by atoms with Crippen molar-refractivity contribution in [3.63, 3.8) is 0 Å². The zero-order valence-corrected chi connectivity index (χ0v) is 14.3. The lowest BCUT2D eigenvalue weighted by atomic mass is 9.91. The summed E-state index contributed by atoms with van der Waals surface area (Å²) in [6.07, 6.45) is 5.46. The van der Waals surface area contributed by atoms with E-state index >= 15 is 0 Å². The minimum absolute atomic E-state index is 0.156. The summed E-state index contributed by atoms with van der Waals surface area (Å²) in [5.74, 6) is 1.56. The maximum atomic E-state index is 12.7. The summed E-state index contributed by atoms with van der Waals surface area (Å²) >= 11 is 0. The Morgan fingerprint density at radius 3 is 2.71 bits per heavy atom. The molecular weight excluding hydrogens is 306 g/mol. The highest BCUT2D eigenvalue weighted by atomic mass is 16.5. The van der Waals surface area contributed by atoms with E-state index < -0.39 is 0 Å².